The lowest BCUT2D eigenvalue weighted by Gasteiger charge is -2.06. The number of pyridine rings is 1. The summed E-state index contributed by atoms with van der Waals surface area (Å²) in [5, 5.41) is 7.73. The molecule has 1 aromatic carbocycles. The highest BCUT2D eigenvalue weighted by Gasteiger charge is 2.10. The molecule has 0 atom stereocenters. The van der Waals surface area contributed by atoms with Crippen LogP contribution in [0.5, 0.6) is 0 Å². The van der Waals surface area contributed by atoms with Crippen LogP contribution in [-0.2, 0) is 11.3 Å². The minimum Gasteiger partial charge on any atom is -0.383 e. The zero-order chi connectivity index (χ0) is 18.2. The first-order valence-electron chi connectivity index (χ1n) is 8.22. The molecule has 2 N–H and O–H groups in total. The Morgan fingerprint density at radius 1 is 1.15 bits per heavy atom. The minimum absolute atomic E-state index is 0.145. The normalized spacial score (nSPS) is 10.7. The smallest absolute Gasteiger partial charge is 0.256 e. The third-order valence-electron chi connectivity index (χ3n) is 3.70. The van der Waals surface area contributed by atoms with Crippen LogP contribution in [0.4, 0.5) is 5.00 Å². The van der Waals surface area contributed by atoms with Gasteiger partial charge in [-0.15, -0.1) is 0 Å². The van der Waals surface area contributed by atoms with Gasteiger partial charge in [-0.25, -0.2) is 4.98 Å². The van der Waals surface area contributed by atoms with Crippen molar-refractivity contribution < 1.29 is 9.53 Å². The lowest BCUT2D eigenvalue weighted by Crippen LogP contribution is -2.18. The van der Waals surface area contributed by atoms with Gasteiger partial charge < -0.3 is 15.4 Å². The fourth-order valence-electron chi connectivity index (χ4n) is 2.32. The van der Waals surface area contributed by atoms with Crippen LogP contribution in [-0.4, -0.2) is 36.1 Å². The molecule has 0 saturated carbocycles. The standard InChI is InChI=1S/C19H20N4O2S/c1-25-11-10-21-12-14-2-4-15(5-3-14)18(24)23-17-13-22-19(26-17)16-6-8-20-9-7-16/h2-9,13,21H,10-12H2,1H3,(H,23,24). The van der Waals surface area contributed by atoms with E-state index in [0.29, 0.717) is 17.2 Å². The summed E-state index contributed by atoms with van der Waals surface area (Å²) >= 11 is 1.44. The first-order chi connectivity index (χ1) is 12.8. The van der Waals surface area contributed by atoms with Crippen molar-refractivity contribution >= 4 is 22.2 Å². The molecular weight excluding hydrogens is 348 g/mol. The number of aromatic nitrogens is 2. The molecule has 3 aromatic rings. The van der Waals surface area contributed by atoms with E-state index in [4.69, 9.17) is 4.74 Å². The number of ether oxygens (including phenoxy) is 1. The maximum absolute atomic E-state index is 12.4. The molecule has 0 aliphatic heterocycles. The van der Waals surface area contributed by atoms with Crippen molar-refractivity contribution in [3.05, 3.63) is 66.1 Å². The van der Waals surface area contributed by atoms with Crippen molar-refractivity contribution in [2.24, 2.45) is 0 Å². The largest absolute Gasteiger partial charge is 0.383 e. The predicted octanol–water partition coefficient (Wildman–Crippen LogP) is 3.19. The number of hydrogen-bond acceptors (Lipinski definition) is 6. The Morgan fingerprint density at radius 3 is 2.65 bits per heavy atom. The van der Waals surface area contributed by atoms with Gasteiger partial charge in [0.25, 0.3) is 5.91 Å². The number of nitrogens with one attached hydrogen (secondary N) is 2. The summed E-state index contributed by atoms with van der Waals surface area (Å²) in [6.45, 7) is 2.22. The Hall–Kier alpha value is -2.61. The lowest BCUT2D eigenvalue weighted by molar-refractivity contribution is 0.102. The van der Waals surface area contributed by atoms with Crippen LogP contribution in [0.2, 0.25) is 0 Å². The molecule has 3 rings (SSSR count). The molecule has 0 spiro atoms. The molecule has 0 unspecified atom stereocenters. The van der Waals surface area contributed by atoms with Gasteiger partial charge in [0.15, 0.2) is 0 Å². The van der Waals surface area contributed by atoms with Crippen molar-refractivity contribution in [2.45, 2.75) is 6.54 Å². The van der Waals surface area contributed by atoms with Crippen molar-refractivity contribution in [3.63, 3.8) is 0 Å². The quantitative estimate of drug-likeness (QED) is 0.597. The van der Waals surface area contributed by atoms with Gasteiger partial charge >= 0.3 is 0 Å². The number of carbonyl (C=O) groups is 1. The van der Waals surface area contributed by atoms with E-state index in [0.717, 1.165) is 29.2 Å². The van der Waals surface area contributed by atoms with Crippen LogP contribution in [0.15, 0.2) is 55.0 Å². The maximum Gasteiger partial charge on any atom is 0.256 e. The van der Waals surface area contributed by atoms with E-state index in [1.54, 1.807) is 25.7 Å². The first kappa shape index (κ1) is 18.2. The van der Waals surface area contributed by atoms with Crippen LogP contribution in [0.1, 0.15) is 15.9 Å². The molecule has 7 heteroatoms. The van der Waals surface area contributed by atoms with Crippen molar-refractivity contribution in [2.75, 3.05) is 25.6 Å². The Balaban J connectivity index is 1.57. The van der Waals surface area contributed by atoms with Gasteiger partial charge in [-0.3, -0.25) is 9.78 Å². The second-order valence-corrected chi connectivity index (χ2v) is 6.62. The Bertz CT molecular complexity index is 834. The fraction of sp³-hybridized carbons (Fsp3) is 0.211. The number of rotatable bonds is 8. The van der Waals surface area contributed by atoms with E-state index in [1.165, 1.54) is 11.3 Å². The zero-order valence-corrected chi connectivity index (χ0v) is 15.3. The van der Waals surface area contributed by atoms with Crippen LogP contribution in [0.25, 0.3) is 10.6 Å². The summed E-state index contributed by atoms with van der Waals surface area (Å²) < 4.78 is 4.99. The summed E-state index contributed by atoms with van der Waals surface area (Å²) in [5.74, 6) is -0.145. The van der Waals surface area contributed by atoms with Crippen molar-refractivity contribution in [1.29, 1.82) is 0 Å². The molecular formula is C19H20N4O2S. The molecule has 2 heterocycles. The molecule has 0 aliphatic carbocycles. The molecule has 1 amide bonds. The van der Waals surface area contributed by atoms with Gasteiger partial charge in [-0.2, -0.15) is 0 Å². The van der Waals surface area contributed by atoms with E-state index < -0.39 is 0 Å². The number of nitrogens with zero attached hydrogens (tertiary/aromatic N) is 2. The summed E-state index contributed by atoms with van der Waals surface area (Å²) in [6.07, 6.45) is 5.12. The van der Waals surface area contributed by atoms with Gasteiger partial charge in [-0.1, -0.05) is 23.5 Å². The molecule has 134 valence electrons. The molecule has 26 heavy (non-hydrogen) atoms. The number of benzene rings is 1. The zero-order valence-electron chi connectivity index (χ0n) is 14.4. The number of thiazole rings is 1. The molecule has 0 bridgehead atoms. The molecule has 0 fully saturated rings. The average Bonchev–Trinajstić information content (AvgIpc) is 3.15. The lowest BCUT2D eigenvalue weighted by atomic mass is 10.1. The average molecular weight is 368 g/mol. The van der Waals surface area contributed by atoms with Crippen LogP contribution >= 0.6 is 11.3 Å². The highest BCUT2D eigenvalue weighted by Crippen LogP contribution is 2.28. The Kier molecular flexibility index (Phi) is 6.43. The van der Waals surface area contributed by atoms with Crippen molar-refractivity contribution in [1.82, 2.24) is 15.3 Å². The van der Waals surface area contributed by atoms with E-state index in [2.05, 4.69) is 20.6 Å². The van der Waals surface area contributed by atoms with Gasteiger partial charge in [0.1, 0.15) is 10.0 Å². The van der Waals surface area contributed by atoms with Gasteiger partial charge in [0.2, 0.25) is 0 Å². The number of hydrogen-bond donors (Lipinski definition) is 2. The van der Waals surface area contributed by atoms with Crippen LogP contribution < -0.4 is 10.6 Å². The fourth-order valence-corrected chi connectivity index (χ4v) is 3.14. The molecule has 0 aliphatic rings. The second kappa shape index (κ2) is 9.19. The highest BCUT2D eigenvalue weighted by atomic mass is 32.1. The third kappa shape index (κ3) is 4.95. The molecule has 6 nitrogen and oxygen atoms in total. The van der Waals surface area contributed by atoms with E-state index in [-0.39, 0.29) is 5.91 Å². The monoisotopic (exact) mass is 368 g/mol. The maximum atomic E-state index is 12.4. The van der Waals surface area contributed by atoms with E-state index in [9.17, 15) is 4.79 Å². The molecule has 0 saturated heterocycles. The minimum atomic E-state index is -0.145. The van der Waals surface area contributed by atoms with Gasteiger partial charge in [0, 0.05) is 43.7 Å². The first-order valence-corrected chi connectivity index (χ1v) is 9.04. The van der Waals surface area contributed by atoms with E-state index in [1.807, 2.05) is 36.4 Å². The predicted molar refractivity (Wildman–Crippen MR) is 103 cm³/mol. The number of methoxy groups -OCH3 is 1. The van der Waals surface area contributed by atoms with Crippen LogP contribution in [0, 0.1) is 0 Å². The number of amides is 1. The SMILES string of the molecule is COCCNCc1ccc(C(=O)Nc2cnc(-c3ccncc3)s2)cc1. The second-order valence-electron chi connectivity index (χ2n) is 5.59. The summed E-state index contributed by atoms with van der Waals surface area (Å²) in [7, 11) is 1.68. The molecule has 2 aromatic heterocycles. The summed E-state index contributed by atoms with van der Waals surface area (Å²) in [6, 6.07) is 11.3. The van der Waals surface area contributed by atoms with Gasteiger partial charge in [-0.05, 0) is 29.8 Å². The number of anilines is 1. The van der Waals surface area contributed by atoms with E-state index >= 15 is 0 Å². The summed E-state index contributed by atoms with van der Waals surface area (Å²) in [5.41, 5.74) is 2.72. The topological polar surface area (TPSA) is 76.1 Å². The van der Waals surface area contributed by atoms with Crippen molar-refractivity contribution in [3.8, 4) is 10.6 Å². The Labute approximate surface area is 156 Å². The highest BCUT2D eigenvalue weighted by molar-refractivity contribution is 7.19. The number of carbonyl (C=O) groups excluding carboxylic acids is 1. The Morgan fingerprint density at radius 2 is 1.92 bits per heavy atom. The van der Waals surface area contributed by atoms with Crippen LogP contribution in [0.3, 0.4) is 0 Å². The van der Waals surface area contributed by atoms with Gasteiger partial charge in [0.05, 0.1) is 12.8 Å². The molecule has 0 radical (unpaired) electrons. The third-order valence-corrected chi connectivity index (χ3v) is 4.66. The summed E-state index contributed by atoms with van der Waals surface area (Å²) in [4.78, 5) is 20.7.